The minimum atomic E-state index is -3.74. The molecule has 0 bridgehead atoms. The molecule has 0 aliphatic heterocycles. The van der Waals surface area contributed by atoms with Crippen LogP contribution in [0.15, 0.2) is 53.4 Å². The fourth-order valence-corrected chi connectivity index (χ4v) is 2.97. The van der Waals surface area contributed by atoms with Crippen LogP contribution in [0, 0.1) is 0 Å². The predicted molar refractivity (Wildman–Crippen MR) is 79.3 cm³/mol. The number of para-hydroxylation sites is 1. The Bertz CT molecular complexity index is 685. The van der Waals surface area contributed by atoms with Crippen LogP contribution in [0.5, 0.6) is 5.75 Å². The average molecular weight is 292 g/mol. The third-order valence-corrected chi connectivity index (χ3v) is 3.99. The van der Waals surface area contributed by atoms with Gasteiger partial charge in [0.2, 0.25) is 0 Å². The van der Waals surface area contributed by atoms with Gasteiger partial charge in [-0.25, -0.2) is 8.42 Å². The first-order valence-electron chi connectivity index (χ1n) is 6.13. The van der Waals surface area contributed by atoms with Crippen LogP contribution in [0.25, 0.3) is 0 Å². The summed E-state index contributed by atoms with van der Waals surface area (Å²) in [4.78, 5) is 0.0307. The van der Waals surface area contributed by atoms with Crippen molar-refractivity contribution in [3.05, 3.63) is 48.5 Å². The Labute approximate surface area is 118 Å². The van der Waals surface area contributed by atoms with Crippen LogP contribution in [0.4, 0.5) is 11.4 Å². The first kappa shape index (κ1) is 14.2. The Hall–Kier alpha value is -2.21. The van der Waals surface area contributed by atoms with Gasteiger partial charge in [0, 0.05) is 11.4 Å². The SMILES string of the molecule is CCOc1ccc(N)cc1S(=O)(=O)Nc1ccccc1. The van der Waals surface area contributed by atoms with Crippen molar-refractivity contribution in [2.75, 3.05) is 17.1 Å². The summed E-state index contributed by atoms with van der Waals surface area (Å²) in [6.07, 6.45) is 0. The molecule has 0 fully saturated rings. The molecule has 3 N–H and O–H groups in total. The van der Waals surface area contributed by atoms with Gasteiger partial charge in [0.05, 0.1) is 6.61 Å². The second-order valence-corrected chi connectivity index (χ2v) is 5.76. The molecule has 2 aromatic rings. The number of ether oxygens (including phenoxy) is 1. The lowest BCUT2D eigenvalue weighted by molar-refractivity contribution is 0.331. The zero-order valence-electron chi connectivity index (χ0n) is 11.0. The third kappa shape index (κ3) is 3.21. The van der Waals surface area contributed by atoms with Gasteiger partial charge in [-0.05, 0) is 37.3 Å². The molecule has 0 radical (unpaired) electrons. The average Bonchev–Trinajstić information content (AvgIpc) is 2.41. The van der Waals surface area contributed by atoms with Crippen molar-refractivity contribution in [2.45, 2.75) is 11.8 Å². The summed E-state index contributed by atoms with van der Waals surface area (Å²) in [6, 6.07) is 13.2. The zero-order chi connectivity index (χ0) is 14.6. The molecule has 0 amide bonds. The van der Waals surface area contributed by atoms with E-state index in [0.29, 0.717) is 18.0 Å². The lowest BCUT2D eigenvalue weighted by Gasteiger charge is -2.13. The second kappa shape index (κ2) is 5.83. The molecular formula is C14H16N2O3S. The number of rotatable bonds is 5. The van der Waals surface area contributed by atoms with Crippen molar-refractivity contribution in [2.24, 2.45) is 0 Å². The van der Waals surface area contributed by atoms with E-state index in [-0.39, 0.29) is 10.6 Å². The van der Waals surface area contributed by atoms with Crippen LogP contribution in [0.3, 0.4) is 0 Å². The van der Waals surface area contributed by atoms with E-state index in [1.165, 1.54) is 6.07 Å². The van der Waals surface area contributed by atoms with Gasteiger partial charge in [-0.2, -0.15) is 0 Å². The van der Waals surface area contributed by atoms with Gasteiger partial charge >= 0.3 is 0 Å². The van der Waals surface area contributed by atoms with E-state index < -0.39 is 10.0 Å². The van der Waals surface area contributed by atoms with Crippen molar-refractivity contribution in [3.8, 4) is 5.75 Å². The van der Waals surface area contributed by atoms with Gasteiger partial charge in [0.1, 0.15) is 10.6 Å². The van der Waals surface area contributed by atoms with Crippen LogP contribution >= 0.6 is 0 Å². The molecule has 20 heavy (non-hydrogen) atoms. The Morgan fingerprint density at radius 2 is 1.85 bits per heavy atom. The van der Waals surface area contributed by atoms with Crippen molar-refractivity contribution >= 4 is 21.4 Å². The largest absolute Gasteiger partial charge is 0.492 e. The number of nitrogens with one attached hydrogen (secondary N) is 1. The van der Waals surface area contributed by atoms with Gasteiger partial charge < -0.3 is 10.5 Å². The number of anilines is 2. The van der Waals surface area contributed by atoms with E-state index in [9.17, 15) is 8.42 Å². The number of hydrogen-bond acceptors (Lipinski definition) is 4. The Morgan fingerprint density at radius 1 is 1.15 bits per heavy atom. The molecule has 6 heteroatoms. The Balaban J connectivity index is 2.41. The monoisotopic (exact) mass is 292 g/mol. The molecule has 0 saturated heterocycles. The molecular weight excluding hydrogens is 276 g/mol. The first-order valence-corrected chi connectivity index (χ1v) is 7.61. The fourth-order valence-electron chi connectivity index (χ4n) is 1.73. The summed E-state index contributed by atoms with van der Waals surface area (Å²) >= 11 is 0. The quantitative estimate of drug-likeness (QED) is 0.829. The second-order valence-electron chi connectivity index (χ2n) is 4.11. The van der Waals surface area contributed by atoms with Crippen molar-refractivity contribution in [1.82, 2.24) is 0 Å². The Kier molecular flexibility index (Phi) is 4.14. The Morgan fingerprint density at radius 3 is 2.50 bits per heavy atom. The van der Waals surface area contributed by atoms with E-state index in [1.54, 1.807) is 43.3 Å². The number of nitrogen functional groups attached to an aromatic ring is 1. The van der Waals surface area contributed by atoms with Crippen LogP contribution < -0.4 is 15.2 Å². The number of benzene rings is 2. The highest BCUT2D eigenvalue weighted by Gasteiger charge is 2.20. The smallest absolute Gasteiger partial charge is 0.265 e. The molecule has 0 heterocycles. The van der Waals surface area contributed by atoms with Gasteiger partial charge in [0.25, 0.3) is 10.0 Å². The lowest BCUT2D eigenvalue weighted by atomic mass is 10.3. The van der Waals surface area contributed by atoms with E-state index in [4.69, 9.17) is 10.5 Å². The van der Waals surface area contributed by atoms with Gasteiger partial charge in [-0.15, -0.1) is 0 Å². The molecule has 0 unspecified atom stereocenters. The molecule has 106 valence electrons. The van der Waals surface area contributed by atoms with E-state index in [1.807, 2.05) is 6.07 Å². The molecule has 0 aliphatic carbocycles. The van der Waals surface area contributed by atoms with Gasteiger partial charge in [0.15, 0.2) is 0 Å². The number of sulfonamides is 1. The summed E-state index contributed by atoms with van der Waals surface area (Å²) in [7, 11) is -3.74. The highest BCUT2D eigenvalue weighted by molar-refractivity contribution is 7.92. The highest BCUT2D eigenvalue weighted by Crippen LogP contribution is 2.28. The summed E-state index contributed by atoms with van der Waals surface area (Å²) in [6.45, 7) is 2.16. The summed E-state index contributed by atoms with van der Waals surface area (Å²) in [5.74, 6) is 0.283. The van der Waals surface area contributed by atoms with E-state index >= 15 is 0 Å². The van der Waals surface area contributed by atoms with Gasteiger partial charge in [-0.3, -0.25) is 4.72 Å². The standard InChI is InChI=1S/C14H16N2O3S/c1-2-19-13-9-8-11(15)10-14(13)20(17,18)16-12-6-4-3-5-7-12/h3-10,16H,2,15H2,1H3. The zero-order valence-corrected chi connectivity index (χ0v) is 11.9. The fraction of sp³-hybridized carbons (Fsp3) is 0.143. The third-order valence-electron chi connectivity index (χ3n) is 2.58. The van der Waals surface area contributed by atoms with Crippen molar-refractivity contribution in [3.63, 3.8) is 0 Å². The van der Waals surface area contributed by atoms with Crippen LogP contribution in [0.1, 0.15) is 6.92 Å². The van der Waals surface area contributed by atoms with Crippen molar-refractivity contribution < 1.29 is 13.2 Å². The minimum Gasteiger partial charge on any atom is -0.492 e. The maximum atomic E-state index is 12.4. The lowest BCUT2D eigenvalue weighted by Crippen LogP contribution is -2.14. The molecule has 2 rings (SSSR count). The molecule has 0 atom stereocenters. The normalized spacial score (nSPS) is 11.1. The molecule has 0 aliphatic rings. The first-order chi connectivity index (χ1) is 9.53. The molecule has 0 aromatic heterocycles. The molecule has 0 saturated carbocycles. The van der Waals surface area contributed by atoms with E-state index in [2.05, 4.69) is 4.72 Å². The molecule has 2 aromatic carbocycles. The summed E-state index contributed by atoms with van der Waals surface area (Å²) in [5.41, 5.74) is 6.51. The number of nitrogens with two attached hydrogens (primary N) is 1. The number of hydrogen-bond donors (Lipinski definition) is 2. The minimum absolute atomic E-state index is 0.0307. The summed E-state index contributed by atoms with van der Waals surface area (Å²) in [5, 5.41) is 0. The van der Waals surface area contributed by atoms with Crippen LogP contribution in [-0.4, -0.2) is 15.0 Å². The maximum absolute atomic E-state index is 12.4. The van der Waals surface area contributed by atoms with Crippen LogP contribution in [0.2, 0.25) is 0 Å². The van der Waals surface area contributed by atoms with Gasteiger partial charge in [-0.1, -0.05) is 18.2 Å². The maximum Gasteiger partial charge on any atom is 0.265 e. The highest BCUT2D eigenvalue weighted by atomic mass is 32.2. The van der Waals surface area contributed by atoms with Crippen LogP contribution in [-0.2, 0) is 10.0 Å². The molecule has 0 spiro atoms. The topological polar surface area (TPSA) is 81.4 Å². The van der Waals surface area contributed by atoms with E-state index in [0.717, 1.165) is 0 Å². The molecule has 5 nitrogen and oxygen atoms in total. The van der Waals surface area contributed by atoms with Crippen molar-refractivity contribution in [1.29, 1.82) is 0 Å². The predicted octanol–water partition coefficient (Wildman–Crippen LogP) is 2.47. The summed E-state index contributed by atoms with van der Waals surface area (Å²) < 4.78 is 32.6.